The van der Waals surface area contributed by atoms with Gasteiger partial charge in [0.05, 0.1) is 0 Å². The van der Waals surface area contributed by atoms with Gasteiger partial charge in [-0.3, -0.25) is 0 Å². The molecule has 1 aliphatic carbocycles. The molecule has 1 aromatic rings. The molecule has 1 aliphatic heterocycles. The molecule has 1 aromatic carbocycles. The molecule has 1 heterocycles. The van der Waals surface area contributed by atoms with Crippen molar-refractivity contribution in [1.29, 1.82) is 0 Å². The summed E-state index contributed by atoms with van der Waals surface area (Å²) in [6.07, 6.45) is 8.29. The van der Waals surface area contributed by atoms with Gasteiger partial charge >= 0.3 is 0 Å². The van der Waals surface area contributed by atoms with Crippen molar-refractivity contribution in [1.82, 2.24) is 10.6 Å². The summed E-state index contributed by atoms with van der Waals surface area (Å²) in [6.45, 7) is 5.78. The van der Waals surface area contributed by atoms with Crippen LogP contribution in [-0.2, 0) is 0 Å². The molecule has 0 spiro atoms. The lowest BCUT2D eigenvalue weighted by molar-refractivity contribution is 0.203. The predicted molar refractivity (Wildman–Crippen MR) is 89.5 cm³/mol. The van der Waals surface area contributed by atoms with Crippen molar-refractivity contribution in [2.24, 2.45) is 5.92 Å². The molecule has 0 amide bonds. The third kappa shape index (κ3) is 3.49. The van der Waals surface area contributed by atoms with Crippen LogP contribution in [0.15, 0.2) is 24.3 Å². The molecule has 1 saturated carbocycles. The van der Waals surface area contributed by atoms with Crippen LogP contribution in [-0.4, -0.2) is 18.6 Å². The van der Waals surface area contributed by atoms with E-state index in [1.165, 1.54) is 56.2 Å². The van der Waals surface area contributed by atoms with E-state index in [4.69, 9.17) is 0 Å². The lowest BCUT2D eigenvalue weighted by Gasteiger charge is -2.38. The summed E-state index contributed by atoms with van der Waals surface area (Å²) in [6, 6.07) is 10.7. The molecule has 2 N–H and O–H groups in total. The van der Waals surface area contributed by atoms with E-state index in [0.717, 1.165) is 12.0 Å². The van der Waals surface area contributed by atoms with Crippen LogP contribution in [0.25, 0.3) is 0 Å². The summed E-state index contributed by atoms with van der Waals surface area (Å²) in [5, 5.41) is 7.70. The first-order chi connectivity index (χ1) is 10.3. The van der Waals surface area contributed by atoms with E-state index in [0.29, 0.717) is 12.1 Å². The van der Waals surface area contributed by atoms with Crippen molar-refractivity contribution in [3.05, 3.63) is 35.4 Å². The van der Waals surface area contributed by atoms with Crippen LogP contribution >= 0.6 is 0 Å². The Kier molecular flexibility index (Phi) is 4.97. The van der Waals surface area contributed by atoms with Crippen LogP contribution in [0.2, 0.25) is 0 Å². The second-order valence-electron chi connectivity index (χ2n) is 7.00. The predicted octanol–water partition coefficient (Wildman–Crippen LogP) is 3.96. The highest BCUT2D eigenvalue weighted by atomic mass is 15.0. The first kappa shape index (κ1) is 15.1. The maximum absolute atomic E-state index is 3.96. The van der Waals surface area contributed by atoms with Gasteiger partial charge in [0, 0.05) is 18.1 Å². The summed E-state index contributed by atoms with van der Waals surface area (Å²) in [5.41, 5.74) is 2.87. The van der Waals surface area contributed by atoms with E-state index in [-0.39, 0.29) is 0 Å². The van der Waals surface area contributed by atoms with E-state index in [1.54, 1.807) is 0 Å². The highest BCUT2D eigenvalue weighted by Gasteiger charge is 2.33. The minimum atomic E-state index is 0.457. The molecular formula is C19H30N2. The van der Waals surface area contributed by atoms with Gasteiger partial charge in [0.25, 0.3) is 0 Å². The Bertz CT molecular complexity index is 451. The molecular weight excluding hydrogens is 256 g/mol. The minimum Gasteiger partial charge on any atom is -0.314 e. The Morgan fingerprint density at radius 2 is 1.90 bits per heavy atom. The Balaban J connectivity index is 1.68. The quantitative estimate of drug-likeness (QED) is 0.875. The first-order valence-corrected chi connectivity index (χ1v) is 8.80. The zero-order chi connectivity index (χ0) is 14.7. The van der Waals surface area contributed by atoms with E-state index in [9.17, 15) is 0 Å². The molecule has 3 unspecified atom stereocenters. The van der Waals surface area contributed by atoms with Gasteiger partial charge in [-0.05, 0) is 63.1 Å². The highest BCUT2D eigenvalue weighted by molar-refractivity contribution is 5.28. The molecule has 2 nitrogen and oxygen atoms in total. The van der Waals surface area contributed by atoms with Crippen LogP contribution in [0.5, 0.6) is 0 Å². The third-order valence-electron chi connectivity index (χ3n) is 5.55. The van der Waals surface area contributed by atoms with Gasteiger partial charge in [-0.25, -0.2) is 0 Å². The Labute approximate surface area is 129 Å². The van der Waals surface area contributed by atoms with Crippen molar-refractivity contribution >= 4 is 0 Å². The van der Waals surface area contributed by atoms with Gasteiger partial charge in [0.2, 0.25) is 0 Å². The summed E-state index contributed by atoms with van der Waals surface area (Å²) in [4.78, 5) is 0. The summed E-state index contributed by atoms with van der Waals surface area (Å²) in [7, 11) is 0. The van der Waals surface area contributed by atoms with Gasteiger partial charge < -0.3 is 10.6 Å². The average Bonchev–Trinajstić information content (AvgIpc) is 3.02. The second-order valence-corrected chi connectivity index (χ2v) is 7.00. The molecule has 116 valence electrons. The van der Waals surface area contributed by atoms with Crippen LogP contribution in [0.1, 0.15) is 62.6 Å². The third-order valence-corrected chi connectivity index (χ3v) is 5.55. The Morgan fingerprint density at radius 1 is 1.10 bits per heavy atom. The highest BCUT2D eigenvalue weighted by Crippen LogP contribution is 2.32. The fraction of sp³-hybridized carbons (Fsp3) is 0.684. The molecule has 1 saturated heterocycles. The van der Waals surface area contributed by atoms with Crippen molar-refractivity contribution in [2.75, 3.05) is 6.54 Å². The average molecular weight is 286 g/mol. The molecule has 4 atom stereocenters. The summed E-state index contributed by atoms with van der Waals surface area (Å²) in [5.74, 6) is 0.827. The largest absolute Gasteiger partial charge is 0.314 e. The van der Waals surface area contributed by atoms with E-state index in [2.05, 4.69) is 48.7 Å². The molecule has 21 heavy (non-hydrogen) atoms. The normalized spacial score (nSPS) is 31.2. The number of benzene rings is 1. The lowest BCUT2D eigenvalue weighted by atomic mass is 9.78. The molecule has 2 fully saturated rings. The molecule has 0 aromatic heterocycles. The minimum absolute atomic E-state index is 0.457. The van der Waals surface area contributed by atoms with Crippen LogP contribution < -0.4 is 10.6 Å². The van der Waals surface area contributed by atoms with Crippen LogP contribution in [0.3, 0.4) is 0 Å². The van der Waals surface area contributed by atoms with Gasteiger partial charge in [-0.2, -0.15) is 0 Å². The van der Waals surface area contributed by atoms with Crippen molar-refractivity contribution in [3.8, 4) is 0 Å². The van der Waals surface area contributed by atoms with Crippen LogP contribution in [0.4, 0.5) is 0 Å². The van der Waals surface area contributed by atoms with Gasteiger partial charge in [-0.1, -0.05) is 37.1 Å². The standard InChI is InChI=1S/C19H30N2/c1-14-8-3-4-9-16(14)15(2)21-19-11-6-5-10-17(19)18-12-7-13-20-18/h3-4,8-9,15,17-21H,5-7,10-13H2,1-2H3/t15-,17?,18?,19?/m0/s1. The monoisotopic (exact) mass is 286 g/mol. The van der Waals surface area contributed by atoms with E-state index >= 15 is 0 Å². The fourth-order valence-corrected chi connectivity index (χ4v) is 4.41. The zero-order valence-electron chi connectivity index (χ0n) is 13.6. The fourth-order valence-electron chi connectivity index (χ4n) is 4.41. The van der Waals surface area contributed by atoms with Crippen molar-refractivity contribution in [2.45, 2.75) is 70.5 Å². The Morgan fingerprint density at radius 3 is 2.67 bits per heavy atom. The van der Waals surface area contributed by atoms with Crippen molar-refractivity contribution < 1.29 is 0 Å². The first-order valence-electron chi connectivity index (χ1n) is 8.80. The van der Waals surface area contributed by atoms with Crippen LogP contribution in [0, 0.1) is 12.8 Å². The summed E-state index contributed by atoms with van der Waals surface area (Å²) >= 11 is 0. The molecule has 3 rings (SSSR count). The SMILES string of the molecule is Cc1ccccc1[C@H](C)NC1CCCCC1C1CCCN1. The number of hydrogen-bond donors (Lipinski definition) is 2. The molecule has 2 aliphatic rings. The summed E-state index contributed by atoms with van der Waals surface area (Å²) < 4.78 is 0. The second kappa shape index (κ2) is 6.93. The maximum Gasteiger partial charge on any atom is 0.0297 e. The molecule has 2 heteroatoms. The van der Waals surface area contributed by atoms with E-state index < -0.39 is 0 Å². The van der Waals surface area contributed by atoms with Gasteiger partial charge in [-0.15, -0.1) is 0 Å². The van der Waals surface area contributed by atoms with Gasteiger partial charge in [0.1, 0.15) is 0 Å². The van der Waals surface area contributed by atoms with Gasteiger partial charge in [0.15, 0.2) is 0 Å². The number of nitrogens with one attached hydrogen (secondary N) is 2. The number of rotatable bonds is 4. The zero-order valence-corrected chi connectivity index (χ0v) is 13.6. The van der Waals surface area contributed by atoms with E-state index in [1.807, 2.05) is 0 Å². The number of aryl methyl sites for hydroxylation is 1. The smallest absolute Gasteiger partial charge is 0.0297 e. The molecule has 0 radical (unpaired) electrons. The Hall–Kier alpha value is -0.860. The topological polar surface area (TPSA) is 24.1 Å². The number of hydrogen-bond acceptors (Lipinski definition) is 2. The molecule has 0 bridgehead atoms. The maximum atomic E-state index is 3.96. The lowest BCUT2D eigenvalue weighted by Crippen LogP contribution is -2.47. The van der Waals surface area contributed by atoms with Crippen molar-refractivity contribution in [3.63, 3.8) is 0 Å².